The first-order valence-electron chi connectivity index (χ1n) is 7.15. The van der Waals surface area contributed by atoms with Gasteiger partial charge >= 0.3 is 0 Å². The van der Waals surface area contributed by atoms with Gasteiger partial charge in [-0.15, -0.1) is 0 Å². The predicted octanol–water partition coefficient (Wildman–Crippen LogP) is 2.91. The van der Waals surface area contributed by atoms with E-state index in [4.69, 9.17) is 9.47 Å². The first-order chi connectivity index (χ1) is 8.89. The number of ether oxygens (including phenoxy) is 2. The molecule has 1 saturated carbocycles. The van der Waals surface area contributed by atoms with Gasteiger partial charge in [0.15, 0.2) is 5.79 Å². The van der Waals surface area contributed by atoms with Crippen LogP contribution in [0.3, 0.4) is 0 Å². The van der Waals surface area contributed by atoms with E-state index < -0.39 is 5.79 Å². The molecule has 3 nitrogen and oxygen atoms in total. The van der Waals surface area contributed by atoms with Crippen LogP contribution in [0, 0.1) is 17.3 Å². The first-order valence-corrected chi connectivity index (χ1v) is 7.15. The third kappa shape index (κ3) is 2.93. The van der Waals surface area contributed by atoms with Gasteiger partial charge in [0.2, 0.25) is 0 Å². The Balaban J connectivity index is 2.16. The van der Waals surface area contributed by atoms with E-state index in [2.05, 4.69) is 26.5 Å². The summed E-state index contributed by atoms with van der Waals surface area (Å²) in [6, 6.07) is 0. The van der Waals surface area contributed by atoms with Gasteiger partial charge in [0, 0.05) is 12.5 Å². The standard InChI is InChI=1S/C16H26O3/c1-12-5-6-13(11-17)15(2,3)14(12)7-8-16(4)18-9-10-19-16/h7-8,13-14,17H,1,5-6,9-11H2,2-4H3/b8-7+/t13-,14-/m1/s1. The molecule has 108 valence electrons. The van der Waals surface area contributed by atoms with E-state index in [1.165, 1.54) is 5.57 Å². The van der Waals surface area contributed by atoms with Crippen molar-refractivity contribution >= 4 is 0 Å². The van der Waals surface area contributed by atoms with Crippen molar-refractivity contribution in [1.82, 2.24) is 0 Å². The van der Waals surface area contributed by atoms with Crippen LogP contribution in [-0.2, 0) is 9.47 Å². The molecule has 1 aliphatic heterocycles. The molecule has 2 rings (SSSR count). The van der Waals surface area contributed by atoms with E-state index in [0.29, 0.717) is 19.1 Å². The van der Waals surface area contributed by atoms with Crippen molar-refractivity contribution in [3.8, 4) is 0 Å². The van der Waals surface area contributed by atoms with Crippen molar-refractivity contribution < 1.29 is 14.6 Å². The summed E-state index contributed by atoms with van der Waals surface area (Å²) in [6.45, 7) is 12.1. The third-order valence-electron chi connectivity index (χ3n) is 4.78. The van der Waals surface area contributed by atoms with Gasteiger partial charge in [-0.25, -0.2) is 0 Å². The number of hydrogen-bond donors (Lipinski definition) is 1. The third-order valence-corrected chi connectivity index (χ3v) is 4.78. The molecule has 0 aromatic carbocycles. The van der Waals surface area contributed by atoms with Crippen molar-refractivity contribution in [3.63, 3.8) is 0 Å². The summed E-state index contributed by atoms with van der Waals surface area (Å²) in [7, 11) is 0. The highest BCUT2D eigenvalue weighted by molar-refractivity contribution is 5.19. The van der Waals surface area contributed by atoms with Crippen molar-refractivity contribution in [2.45, 2.75) is 39.4 Å². The van der Waals surface area contributed by atoms with E-state index in [0.717, 1.165) is 12.8 Å². The fraction of sp³-hybridized carbons (Fsp3) is 0.750. The lowest BCUT2D eigenvalue weighted by atomic mass is 9.60. The molecule has 1 saturated heterocycles. The molecule has 1 aliphatic carbocycles. The Labute approximate surface area is 116 Å². The second kappa shape index (κ2) is 5.39. The van der Waals surface area contributed by atoms with E-state index in [1.807, 2.05) is 13.0 Å². The first kappa shape index (κ1) is 14.8. The normalized spacial score (nSPS) is 34.0. The van der Waals surface area contributed by atoms with E-state index in [1.54, 1.807) is 0 Å². The summed E-state index contributed by atoms with van der Waals surface area (Å²) in [6.07, 6.45) is 6.19. The van der Waals surface area contributed by atoms with Crippen LogP contribution in [-0.4, -0.2) is 30.7 Å². The van der Waals surface area contributed by atoms with Gasteiger partial charge in [0.25, 0.3) is 0 Å². The van der Waals surface area contributed by atoms with Crippen LogP contribution in [0.5, 0.6) is 0 Å². The van der Waals surface area contributed by atoms with E-state index in [9.17, 15) is 5.11 Å². The molecule has 0 aromatic heterocycles. The molecule has 0 amide bonds. The minimum atomic E-state index is -0.595. The molecule has 2 aliphatic rings. The molecule has 3 heteroatoms. The zero-order valence-electron chi connectivity index (χ0n) is 12.3. The highest BCUT2D eigenvalue weighted by Crippen LogP contribution is 2.47. The zero-order valence-corrected chi connectivity index (χ0v) is 12.3. The Morgan fingerprint density at radius 1 is 1.32 bits per heavy atom. The van der Waals surface area contributed by atoms with Crippen LogP contribution in [0.15, 0.2) is 24.3 Å². The van der Waals surface area contributed by atoms with Crippen LogP contribution >= 0.6 is 0 Å². The zero-order chi connectivity index (χ0) is 14.1. The quantitative estimate of drug-likeness (QED) is 0.798. The maximum absolute atomic E-state index is 9.56. The second-order valence-electron chi connectivity index (χ2n) is 6.45. The molecule has 0 spiro atoms. The number of allylic oxidation sites excluding steroid dienone is 2. The molecule has 2 atom stereocenters. The number of hydrogen-bond acceptors (Lipinski definition) is 3. The Morgan fingerprint density at radius 2 is 1.95 bits per heavy atom. The molecule has 19 heavy (non-hydrogen) atoms. The summed E-state index contributed by atoms with van der Waals surface area (Å²) >= 11 is 0. The minimum absolute atomic E-state index is 0.0234. The van der Waals surface area contributed by atoms with Crippen LogP contribution in [0.1, 0.15) is 33.6 Å². The molecule has 0 radical (unpaired) electrons. The Bertz CT molecular complexity index is 364. The molecule has 0 unspecified atom stereocenters. The summed E-state index contributed by atoms with van der Waals surface area (Å²) in [5, 5.41) is 9.56. The van der Waals surface area contributed by atoms with E-state index >= 15 is 0 Å². The van der Waals surface area contributed by atoms with Gasteiger partial charge in [-0.3, -0.25) is 0 Å². The highest BCUT2D eigenvalue weighted by atomic mass is 16.7. The van der Waals surface area contributed by atoms with Gasteiger partial charge in [-0.2, -0.15) is 0 Å². The largest absolute Gasteiger partial charge is 0.396 e. The molecule has 1 N–H and O–H groups in total. The molecular weight excluding hydrogens is 240 g/mol. The average molecular weight is 266 g/mol. The maximum Gasteiger partial charge on any atom is 0.185 e. The molecular formula is C16H26O3. The fourth-order valence-corrected chi connectivity index (χ4v) is 3.28. The van der Waals surface area contributed by atoms with Crippen molar-refractivity contribution in [2.75, 3.05) is 19.8 Å². The van der Waals surface area contributed by atoms with Crippen LogP contribution in [0.2, 0.25) is 0 Å². The van der Waals surface area contributed by atoms with Gasteiger partial charge in [-0.05, 0) is 37.2 Å². The SMILES string of the molecule is C=C1CC[C@H](CO)C(C)(C)[C@@H]1/C=C/C1(C)OCCO1. The number of rotatable bonds is 3. The van der Waals surface area contributed by atoms with Gasteiger partial charge in [-0.1, -0.05) is 32.1 Å². The van der Waals surface area contributed by atoms with Gasteiger partial charge in [0.05, 0.1) is 13.2 Å². The monoisotopic (exact) mass is 266 g/mol. The lowest BCUT2D eigenvalue weighted by Crippen LogP contribution is -2.39. The Hall–Kier alpha value is -0.640. The van der Waals surface area contributed by atoms with Crippen molar-refractivity contribution in [3.05, 3.63) is 24.3 Å². The van der Waals surface area contributed by atoms with Crippen LogP contribution in [0.25, 0.3) is 0 Å². The summed E-state index contributed by atoms with van der Waals surface area (Å²) in [5.74, 6) is -0.00315. The maximum atomic E-state index is 9.56. The topological polar surface area (TPSA) is 38.7 Å². The van der Waals surface area contributed by atoms with Crippen LogP contribution in [0.4, 0.5) is 0 Å². The van der Waals surface area contributed by atoms with Crippen molar-refractivity contribution in [1.29, 1.82) is 0 Å². The van der Waals surface area contributed by atoms with Gasteiger partial charge < -0.3 is 14.6 Å². The molecule has 1 heterocycles. The molecule has 0 aromatic rings. The molecule has 2 fully saturated rings. The number of aliphatic hydroxyl groups excluding tert-OH is 1. The smallest absolute Gasteiger partial charge is 0.185 e. The fourth-order valence-electron chi connectivity index (χ4n) is 3.28. The second-order valence-corrected chi connectivity index (χ2v) is 6.45. The Kier molecular flexibility index (Phi) is 4.19. The predicted molar refractivity (Wildman–Crippen MR) is 75.7 cm³/mol. The van der Waals surface area contributed by atoms with E-state index in [-0.39, 0.29) is 17.9 Å². The Morgan fingerprint density at radius 3 is 2.53 bits per heavy atom. The lowest BCUT2D eigenvalue weighted by Gasteiger charge is -2.45. The minimum Gasteiger partial charge on any atom is -0.396 e. The van der Waals surface area contributed by atoms with Gasteiger partial charge in [0.1, 0.15) is 0 Å². The number of aliphatic hydroxyl groups is 1. The van der Waals surface area contributed by atoms with Crippen molar-refractivity contribution in [2.24, 2.45) is 17.3 Å². The van der Waals surface area contributed by atoms with Crippen LogP contribution < -0.4 is 0 Å². The summed E-state index contributed by atoms with van der Waals surface area (Å²) < 4.78 is 11.2. The average Bonchev–Trinajstić information content (AvgIpc) is 2.75. The lowest BCUT2D eigenvalue weighted by molar-refractivity contribution is -0.100. The highest BCUT2D eigenvalue weighted by Gasteiger charge is 2.41. The summed E-state index contributed by atoms with van der Waals surface area (Å²) in [4.78, 5) is 0. The molecule has 0 bridgehead atoms. The summed E-state index contributed by atoms with van der Waals surface area (Å²) in [5.41, 5.74) is 1.27.